The lowest BCUT2D eigenvalue weighted by Crippen LogP contribution is -2.54. The molecule has 0 radical (unpaired) electrons. The van der Waals surface area contributed by atoms with Gasteiger partial charge >= 0.3 is 0 Å². The molecule has 0 saturated carbocycles. The van der Waals surface area contributed by atoms with Gasteiger partial charge in [0.05, 0.1) is 16.1 Å². The minimum absolute atomic E-state index is 0.0898. The molecule has 3 aromatic rings. The van der Waals surface area contributed by atoms with Gasteiger partial charge in [-0.15, -0.1) is 11.8 Å². The Balaban J connectivity index is 1.22. The maximum atomic E-state index is 14.4. The molecule has 4 heterocycles. The maximum Gasteiger partial charge on any atom is 0.210 e. The van der Waals surface area contributed by atoms with Crippen LogP contribution in [0, 0.1) is 5.41 Å². The molecule has 3 fully saturated rings. The Hall–Kier alpha value is -2.37. The van der Waals surface area contributed by atoms with E-state index in [1.165, 1.54) is 39.0 Å². The predicted molar refractivity (Wildman–Crippen MR) is 198 cm³/mol. The molecule has 48 heavy (non-hydrogen) atoms. The second-order valence-electron chi connectivity index (χ2n) is 15.5. The van der Waals surface area contributed by atoms with Crippen LogP contribution in [0.15, 0.2) is 63.3 Å². The first-order valence-corrected chi connectivity index (χ1v) is 20.4. The van der Waals surface area contributed by atoms with Crippen molar-refractivity contribution in [2.45, 2.75) is 92.7 Å². The number of likely N-dealkylation sites (tertiary alicyclic amines) is 1. The van der Waals surface area contributed by atoms with Crippen molar-refractivity contribution < 1.29 is 13.2 Å². The Labute approximate surface area is 293 Å². The SMILES string of the molecule is CSc1ccc2ncc(S(=O)(=O)c3ccc(OC(C)(C)C(C)(C)C)cc3)c(N3CCC(N4CCC(N5CCN(C)CC5)CC4)CC3)c2c1. The Morgan fingerprint density at radius 3 is 1.96 bits per heavy atom. The van der Waals surface area contributed by atoms with E-state index in [1.54, 1.807) is 42.2 Å². The normalized spacial score (nSPS) is 20.4. The summed E-state index contributed by atoms with van der Waals surface area (Å²) in [5.74, 6) is 0.657. The van der Waals surface area contributed by atoms with Gasteiger partial charge in [0.1, 0.15) is 16.2 Å². The molecule has 8 nitrogen and oxygen atoms in total. The van der Waals surface area contributed by atoms with Gasteiger partial charge in [-0.2, -0.15) is 0 Å². The third-order valence-electron chi connectivity index (χ3n) is 11.5. The lowest BCUT2D eigenvalue weighted by molar-refractivity contribution is 0.000771. The molecule has 3 saturated heterocycles. The number of sulfone groups is 1. The van der Waals surface area contributed by atoms with E-state index in [0.717, 1.165) is 60.5 Å². The molecule has 0 spiro atoms. The number of benzene rings is 2. The molecule has 0 amide bonds. The van der Waals surface area contributed by atoms with E-state index in [4.69, 9.17) is 4.74 Å². The zero-order valence-electron chi connectivity index (χ0n) is 30.0. The number of hydrogen-bond donors (Lipinski definition) is 0. The third kappa shape index (κ3) is 7.38. The second-order valence-corrected chi connectivity index (χ2v) is 18.3. The number of fused-ring (bicyclic) bond motifs is 1. The number of piperazine rings is 1. The molecule has 1 aromatic heterocycles. The van der Waals surface area contributed by atoms with Crippen molar-refractivity contribution in [1.29, 1.82) is 0 Å². The summed E-state index contributed by atoms with van der Waals surface area (Å²) in [4.78, 5) is 16.5. The molecule has 262 valence electrons. The predicted octanol–water partition coefficient (Wildman–Crippen LogP) is 6.67. The molecule has 0 aliphatic carbocycles. The van der Waals surface area contributed by atoms with E-state index in [0.29, 0.717) is 17.8 Å². The summed E-state index contributed by atoms with van der Waals surface area (Å²) in [5, 5.41) is 0.904. The third-order valence-corrected chi connectivity index (χ3v) is 14.0. The molecule has 0 atom stereocenters. The summed E-state index contributed by atoms with van der Waals surface area (Å²) in [6, 6.07) is 14.3. The number of aromatic nitrogens is 1. The van der Waals surface area contributed by atoms with Gasteiger partial charge in [0.2, 0.25) is 9.84 Å². The number of thioether (sulfide) groups is 1. The fraction of sp³-hybridized carbons (Fsp3) is 0.605. The zero-order chi connectivity index (χ0) is 34.3. The van der Waals surface area contributed by atoms with Gasteiger partial charge in [-0.1, -0.05) is 20.8 Å². The number of hydrogen-bond acceptors (Lipinski definition) is 9. The highest BCUT2D eigenvalue weighted by Gasteiger charge is 2.36. The first kappa shape index (κ1) is 35.5. The lowest BCUT2D eigenvalue weighted by atomic mass is 9.79. The fourth-order valence-corrected chi connectivity index (χ4v) is 9.18. The molecule has 3 aliphatic rings. The summed E-state index contributed by atoms with van der Waals surface area (Å²) in [6.07, 6.45) is 8.18. The standard InChI is InChI=1S/C38H55N5O3S2/c1-37(2,3)38(4,5)46-30-8-11-32(12-9-30)48(44,45)35-27-39-34-13-10-31(47-7)26-33(34)36(35)43-20-16-28(17-21-43)41-18-14-29(15-19-41)42-24-22-40(6)23-25-42/h8-13,26-29H,14-25H2,1-7H3. The van der Waals surface area contributed by atoms with Crippen molar-refractivity contribution >= 4 is 38.2 Å². The van der Waals surface area contributed by atoms with Crippen molar-refractivity contribution in [3.8, 4) is 5.75 Å². The van der Waals surface area contributed by atoms with Gasteiger partial charge in [0.15, 0.2) is 0 Å². The minimum atomic E-state index is -3.86. The Bertz CT molecular complexity index is 1660. The highest BCUT2D eigenvalue weighted by atomic mass is 32.2. The Morgan fingerprint density at radius 2 is 1.38 bits per heavy atom. The largest absolute Gasteiger partial charge is 0.487 e. The van der Waals surface area contributed by atoms with Crippen LogP contribution in [0.2, 0.25) is 0 Å². The minimum Gasteiger partial charge on any atom is -0.487 e. The molecule has 3 aliphatic heterocycles. The molecule has 0 unspecified atom stereocenters. The summed E-state index contributed by atoms with van der Waals surface area (Å²) in [5.41, 5.74) is 1.10. The van der Waals surface area contributed by atoms with E-state index < -0.39 is 15.4 Å². The highest BCUT2D eigenvalue weighted by Crippen LogP contribution is 2.40. The number of pyridine rings is 1. The molecular formula is C38H55N5O3S2. The van der Waals surface area contributed by atoms with E-state index in [1.807, 2.05) is 6.07 Å². The molecule has 6 rings (SSSR count). The number of ether oxygens (including phenoxy) is 1. The smallest absolute Gasteiger partial charge is 0.210 e. The molecule has 0 N–H and O–H groups in total. The number of rotatable bonds is 8. The summed E-state index contributed by atoms with van der Waals surface area (Å²) >= 11 is 1.66. The maximum absolute atomic E-state index is 14.4. The van der Waals surface area contributed by atoms with E-state index in [2.05, 4.69) is 84.6 Å². The van der Waals surface area contributed by atoms with Crippen LogP contribution in [0.4, 0.5) is 5.69 Å². The topological polar surface area (TPSA) is 69.2 Å². The van der Waals surface area contributed by atoms with Crippen molar-refractivity contribution in [3.63, 3.8) is 0 Å². The number of anilines is 1. The first-order valence-electron chi connectivity index (χ1n) is 17.7. The average molecular weight is 694 g/mol. The monoisotopic (exact) mass is 693 g/mol. The summed E-state index contributed by atoms with van der Waals surface area (Å²) < 4.78 is 35.1. The number of nitrogens with zero attached hydrogens (tertiary/aromatic N) is 5. The van der Waals surface area contributed by atoms with Gasteiger partial charge in [-0.3, -0.25) is 9.88 Å². The number of likely N-dealkylation sites (N-methyl/N-ethyl adjacent to an activating group) is 1. The highest BCUT2D eigenvalue weighted by molar-refractivity contribution is 7.98. The van der Waals surface area contributed by atoms with E-state index in [9.17, 15) is 8.42 Å². The van der Waals surface area contributed by atoms with E-state index >= 15 is 0 Å². The zero-order valence-corrected chi connectivity index (χ0v) is 31.7. The van der Waals surface area contributed by atoms with Crippen LogP contribution in [0.25, 0.3) is 10.9 Å². The van der Waals surface area contributed by atoms with Crippen molar-refractivity contribution in [1.82, 2.24) is 19.7 Å². The van der Waals surface area contributed by atoms with Crippen molar-refractivity contribution in [3.05, 3.63) is 48.7 Å². The van der Waals surface area contributed by atoms with Crippen LogP contribution in [-0.2, 0) is 9.84 Å². The van der Waals surface area contributed by atoms with Gasteiger partial charge in [-0.25, -0.2) is 8.42 Å². The van der Waals surface area contributed by atoms with Crippen LogP contribution >= 0.6 is 11.8 Å². The lowest BCUT2D eigenvalue weighted by Gasteiger charge is -2.46. The van der Waals surface area contributed by atoms with Crippen LogP contribution in [0.5, 0.6) is 5.75 Å². The van der Waals surface area contributed by atoms with Crippen LogP contribution in [0.1, 0.15) is 60.3 Å². The van der Waals surface area contributed by atoms with Crippen molar-refractivity contribution in [2.75, 3.05) is 70.6 Å². The van der Waals surface area contributed by atoms with Gasteiger partial charge in [0.25, 0.3) is 0 Å². The number of piperidine rings is 2. The van der Waals surface area contributed by atoms with E-state index in [-0.39, 0.29) is 15.2 Å². The van der Waals surface area contributed by atoms with Crippen LogP contribution in [0.3, 0.4) is 0 Å². The molecule has 10 heteroatoms. The quantitative estimate of drug-likeness (QED) is 0.241. The Kier molecular flexibility index (Phi) is 10.4. The van der Waals surface area contributed by atoms with Gasteiger partial charge < -0.3 is 19.4 Å². The van der Waals surface area contributed by atoms with Crippen molar-refractivity contribution in [2.24, 2.45) is 5.41 Å². The van der Waals surface area contributed by atoms with Gasteiger partial charge in [-0.05, 0) is 108 Å². The molecule has 2 aromatic carbocycles. The van der Waals surface area contributed by atoms with Crippen LogP contribution in [-0.4, -0.2) is 111 Å². The second kappa shape index (κ2) is 14.1. The molecule has 0 bridgehead atoms. The molecular weight excluding hydrogens is 639 g/mol. The van der Waals surface area contributed by atoms with Gasteiger partial charge in [0, 0.05) is 73.2 Å². The fourth-order valence-electron chi connectivity index (χ4n) is 7.31. The summed E-state index contributed by atoms with van der Waals surface area (Å²) in [6.45, 7) is 19.2. The van der Waals surface area contributed by atoms with Crippen LogP contribution < -0.4 is 9.64 Å². The summed E-state index contributed by atoms with van der Waals surface area (Å²) in [7, 11) is -1.63. The average Bonchev–Trinajstić information content (AvgIpc) is 3.07. The first-order chi connectivity index (χ1) is 22.8. The Morgan fingerprint density at radius 1 is 0.792 bits per heavy atom.